The van der Waals surface area contributed by atoms with E-state index in [1.807, 2.05) is 37.3 Å². The Morgan fingerprint density at radius 1 is 1.12 bits per heavy atom. The van der Waals surface area contributed by atoms with Gasteiger partial charge in [-0.25, -0.2) is 0 Å². The normalized spacial score (nSPS) is 12.5. The molecule has 24 heavy (non-hydrogen) atoms. The third-order valence-corrected chi connectivity index (χ3v) is 3.51. The summed E-state index contributed by atoms with van der Waals surface area (Å²) in [5.74, 6) is -0.241. The standard InChI is InChI=1S/C18H18F3NO2/c1-13(14-6-3-2-4-7-14)11-22-17(23)12-24-16-9-5-8-15(10-16)18(19,20)21/h2-10,13H,11-12H2,1H3,(H,22,23). The Morgan fingerprint density at radius 3 is 2.50 bits per heavy atom. The van der Waals surface area contributed by atoms with E-state index in [2.05, 4.69) is 5.32 Å². The van der Waals surface area contributed by atoms with Gasteiger partial charge in [0.2, 0.25) is 0 Å². The van der Waals surface area contributed by atoms with Gasteiger partial charge >= 0.3 is 6.18 Å². The number of rotatable bonds is 6. The Balaban J connectivity index is 1.81. The van der Waals surface area contributed by atoms with E-state index in [0.717, 1.165) is 17.7 Å². The van der Waals surface area contributed by atoms with Gasteiger partial charge in [0.15, 0.2) is 6.61 Å². The number of ether oxygens (including phenoxy) is 1. The highest BCUT2D eigenvalue weighted by molar-refractivity contribution is 5.77. The Kier molecular flexibility index (Phi) is 5.84. The van der Waals surface area contributed by atoms with Crippen molar-refractivity contribution in [3.63, 3.8) is 0 Å². The zero-order valence-corrected chi connectivity index (χ0v) is 13.1. The van der Waals surface area contributed by atoms with Gasteiger partial charge in [0.05, 0.1) is 5.56 Å². The summed E-state index contributed by atoms with van der Waals surface area (Å²) in [5, 5.41) is 2.71. The predicted octanol–water partition coefficient (Wildman–Crippen LogP) is 4.00. The molecular formula is C18H18F3NO2. The van der Waals surface area contributed by atoms with Gasteiger partial charge in [0, 0.05) is 6.54 Å². The number of carbonyl (C=O) groups is 1. The minimum absolute atomic E-state index is 0.0103. The maximum Gasteiger partial charge on any atom is 0.416 e. The number of hydrogen-bond donors (Lipinski definition) is 1. The van der Waals surface area contributed by atoms with Gasteiger partial charge in [-0.3, -0.25) is 4.79 Å². The van der Waals surface area contributed by atoms with Crippen LogP contribution in [0.25, 0.3) is 0 Å². The second kappa shape index (κ2) is 7.86. The summed E-state index contributed by atoms with van der Waals surface area (Å²) in [6.07, 6.45) is -4.44. The van der Waals surface area contributed by atoms with E-state index in [1.54, 1.807) is 0 Å². The minimum Gasteiger partial charge on any atom is -0.484 e. The topological polar surface area (TPSA) is 38.3 Å². The van der Waals surface area contributed by atoms with Crippen LogP contribution in [0.1, 0.15) is 24.0 Å². The second-order valence-electron chi connectivity index (χ2n) is 5.43. The van der Waals surface area contributed by atoms with Gasteiger partial charge in [0.1, 0.15) is 5.75 Å². The van der Waals surface area contributed by atoms with Crippen molar-refractivity contribution in [1.29, 1.82) is 0 Å². The molecule has 3 nitrogen and oxygen atoms in total. The molecule has 1 unspecified atom stereocenters. The third kappa shape index (κ3) is 5.30. The van der Waals surface area contributed by atoms with E-state index in [-0.39, 0.29) is 24.2 Å². The summed E-state index contributed by atoms with van der Waals surface area (Å²) in [6, 6.07) is 14.1. The molecule has 0 spiro atoms. The van der Waals surface area contributed by atoms with Gasteiger partial charge < -0.3 is 10.1 Å². The third-order valence-electron chi connectivity index (χ3n) is 3.51. The van der Waals surface area contributed by atoms with Crippen molar-refractivity contribution in [1.82, 2.24) is 5.32 Å². The first-order valence-corrected chi connectivity index (χ1v) is 7.48. The highest BCUT2D eigenvalue weighted by Gasteiger charge is 2.30. The molecule has 6 heteroatoms. The molecule has 128 valence electrons. The van der Waals surface area contributed by atoms with E-state index >= 15 is 0 Å². The lowest BCUT2D eigenvalue weighted by Crippen LogP contribution is -2.31. The van der Waals surface area contributed by atoms with Crippen LogP contribution in [-0.2, 0) is 11.0 Å². The average Bonchev–Trinajstić information content (AvgIpc) is 2.58. The van der Waals surface area contributed by atoms with E-state index in [0.29, 0.717) is 6.54 Å². The minimum atomic E-state index is -4.44. The number of nitrogens with one attached hydrogen (secondary N) is 1. The number of amides is 1. The van der Waals surface area contributed by atoms with Crippen LogP contribution in [-0.4, -0.2) is 19.1 Å². The molecule has 1 atom stereocenters. The first-order valence-electron chi connectivity index (χ1n) is 7.48. The lowest BCUT2D eigenvalue weighted by Gasteiger charge is -2.14. The maximum absolute atomic E-state index is 12.6. The largest absolute Gasteiger partial charge is 0.484 e. The van der Waals surface area contributed by atoms with Crippen LogP contribution >= 0.6 is 0 Å². The lowest BCUT2D eigenvalue weighted by atomic mass is 10.0. The van der Waals surface area contributed by atoms with Crippen molar-refractivity contribution in [2.45, 2.75) is 19.0 Å². The summed E-state index contributed by atoms with van der Waals surface area (Å²) in [6.45, 7) is 2.07. The van der Waals surface area contributed by atoms with Crippen LogP contribution in [0.15, 0.2) is 54.6 Å². The predicted molar refractivity (Wildman–Crippen MR) is 84.8 cm³/mol. The molecule has 0 aliphatic carbocycles. The van der Waals surface area contributed by atoms with E-state index < -0.39 is 11.7 Å². The smallest absolute Gasteiger partial charge is 0.416 e. The van der Waals surface area contributed by atoms with Crippen LogP contribution in [0.5, 0.6) is 5.75 Å². The summed E-state index contributed by atoms with van der Waals surface area (Å²) in [7, 11) is 0. The summed E-state index contributed by atoms with van der Waals surface area (Å²) >= 11 is 0. The van der Waals surface area contributed by atoms with Gasteiger partial charge in [-0.05, 0) is 29.7 Å². The van der Waals surface area contributed by atoms with Gasteiger partial charge in [-0.1, -0.05) is 43.3 Å². The highest BCUT2D eigenvalue weighted by atomic mass is 19.4. The molecular weight excluding hydrogens is 319 g/mol. The van der Waals surface area contributed by atoms with Crippen molar-refractivity contribution < 1.29 is 22.7 Å². The zero-order chi connectivity index (χ0) is 17.6. The molecule has 2 aromatic carbocycles. The van der Waals surface area contributed by atoms with Crippen molar-refractivity contribution in [3.05, 3.63) is 65.7 Å². The SMILES string of the molecule is CC(CNC(=O)COc1cccc(C(F)(F)F)c1)c1ccccc1. The summed E-state index contributed by atoms with van der Waals surface area (Å²) < 4.78 is 42.9. The molecule has 0 saturated carbocycles. The fraction of sp³-hybridized carbons (Fsp3) is 0.278. The molecule has 0 bridgehead atoms. The quantitative estimate of drug-likeness (QED) is 0.865. The van der Waals surface area contributed by atoms with E-state index in [4.69, 9.17) is 4.74 Å². The van der Waals surface area contributed by atoms with Crippen LogP contribution in [0, 0.1) is 0 Å². The van der Waals surface area contributed by atoms with Crippen LogP contribution in [0.2, 0.25) is 0 Å². The average molecular weight is 337 g/mol. The fourth-order valence-corrected chi connectivity index (χ4v) is 2.13. The monoisotopic (exact) mass is 337 g/mol. The number of benzene rings is 2. The Bertz CT molecular complexity index is 671. The first kappa shape index (κ1) is 17.8. The van der Waals surface area contributed by atoms with Crippen molar-refractivity contribution in [2.75, 3.05) is 13.2 Å². The molecule has 1 amide bonds. The molecule has 0 aliphatic heterocycles. The lowest BCUT2D eigenvalue weighted by molar-refractivity contribution is -0.137. The van der Waals surface area contributed by atoms with Gasteiger partial charge in [-0.2, -0.15) is 13.2 Å². The van der Waals surface area contributed by atoms with Crippen molar-refractivity contribution >= 4 is 5.91 Å². The van der Waals surface area contributed by atoms with Crippen LogP contribution in [0.3, 0.4) is 0 Å². The number of halogens is 3. The molecule has 0 saturated heterocycles. The van der Waals surface area contributed by atoms with Crippen LogP contribution < -0.4 is 10.1 Å². The highest BCUT2D eigenvalue weighted by Crippen LogP contribution is 2.31. The Morgan fingerprint density at radius 2 is 1.83 bits per heavy atom. The molecule has 2 aromatic rings. The molecule has 0 fully saturated rings. The van der Waals surface area contributed by atoms with Crippen molar-refractivity contribution in [2.24, 2.45) is 0 Å². The van der Waals surface area contributed by atoms with Gasteiger partial charge in [0.25, 0.3) is 5.91 Å². The van der Waals surface area contributed by atoms with Crippen molar-refractivity contribution in [3.8, 4) is 5.75 Å². The van der Waals surface area contributed by atoms with Crippen LogP contribution in [0.4, 0.5) is 13.2 Å². The number of hydrogen-bond acceptors (Lipinski definition) is 2. The number of alkyl halides is 3. The molecule has 0 radical (unpaired) electrons. The number of carbonyl (C=O) groups excluding carboxylic acids is 1. The molecule has 1 N–H and O–H groups in total. The fourth-order valence-electron chi connectivity index (χ4n) is 2.13. The summed E-state index contributed by atoms with van der Waals surface area (Å²) in [5.41, 5.74) is 0.287. The Labute approximate surface area is 138 Å². The zero-order valence-electron chi connectivity index (χ0n) is 13.1. The second-order valence-corrected chi connectivity index (χ2v) is 5.43. The first-order chi connectivity index (χ1) is 11.4. The van der Waals surface area contributed by atoms with Gasteiger partial charge in [-0.15, -0.1) is 0 Å². The summed E-state index contributed by atoms with van der Waals surface area (Å²) in [4.78, 5) is 11.8. The van der Waals surface area contributed by atoms with E-state index in [9.17, 15) is 18.0 Å². The Hall–Kier alpha value is -2.50. The maximum atomic E-state index is 12.6. The molecule has 0 aliphatic rings. The molecule has 2 rings (SSSR count). The molecule has 0 heterocycles. The molecule has 0 aromatic heterocycles. The van der Waals surface area contributed by atoms with E-state index in [1.165, 1.54) is 12.1 Å².